The number of imidazole rings is 1. The van der Waals surface area contributed by atoms with Crippen LogP contribution in [0.4, 0.5) is 5.95 Å². The Hall–Kier alpha value is -2.13. The molecule has 3 N–H and O–H groups in total. The van der Waals surface area contributed by atoms with Gasteiger partial charge in [0.05, 0.1) is 13.2 Å². The fourth-order valence-corrected chi connectivity index (χ4v) is 2.07. The van der Waals surface area contributed by atoms with Crippen molar-refractivity contribution in [1.82, 2.24) is 19.1 Å². The average Bonchev–Trinajstić information content (AvgIpc) is 2.77. The molecule has 0 spiro atoms. The first-order valence-electron chi connectivity index (χ1n) is 6.63. The largest absolute Gasteiger partial charge is 0.396 e. The van der Waals surface area contributed by atoms with Crippen molar-refractivity contribution in [3.8, 4) is 0 Å². The number of aromatic amines is 1. The lowest BCUT2D eigenvalue weighted by molar-refractivity contribution is 0.187. The summed E-state index contributed by atoms with van der Waals surface area (Å²) in [5.41, 5.74) is -0.356. The molecular weight excluding hydrogens is 278 g/mol. The van der Waals surface area contributed by atoms with Gasteiger partial charge in [0.15, 0.2) is 11.2 Å². The van der Waals surface area contributed by atoms with Gasteiger partial charge in [-0.05, 0) is 6.42 Å². The maximum absolute atomic E-state index is 12.0. The van der Waals surface area contributed by atoms with E-state index < -0.39 is 11.2 Å². The van der Waals surface area contributed by atoms with Gasteiger partial charge in [0, 0.05) is 27.3 Å². The summed E-state index contributed by atoms with van der Waals surface area (Å²) >= 11 is 0. The summed E-state index contributed by atoms with van der Waals surface area (Å²) in [6, 6.07) is 0. The van der Waals surface area contributed by atoms with Gasteiger partial charge in [0.2, 0.25) is 5.95 Å². The molecule has 9 heteroatoms. The van der Waals surface area contributed by atoms with E-state index in [1.165, 1.54) is 11.7 Å². The lowest BCUT2D eigenvalue weighted by atomic mass is 10.4. The zero-order valence-corrected chi connectivity index (χ0v) is 12.0. The highest BCUT2D eigenvalue weighted by Crippen LogP contribution is 2.13. The number of rotatable bonds is 7. The van der Waals surface area contributed by atoms with Crippen LogP contribution in [0.2, 0.25) is 0 Å². The maximum Gasteiger partial charge on any atom is 0.330 e. The number of hydrogen-bond acceptors (Lipinski definition) is 6. The number of ether oxygens (including phenoxy) is 1. The molecule has 2 aromatic rings. The maximum atomic E-state index is 12.0. The van der Waals surface area contributed by atoms with Crippen LogP contribution < -0.4 is 16.6 Å². The van der Waals surface area contributed by atoms with E-state index in [1.807, 2.05) is 0 Å². The Balaban J connectivity index is 2.51. The molecule has 0 saturated heterocycles. The van der Waals surface area contributed by atoms with Crippen LogP contribution in [-0.2, 0) is 18.3 Å². The molecule has 0 fully saturated rings. The fraction of sp³-hybridized carbons (Fsp3) is 0.583. The molecule has 21 heavy (non-hydrogen) atoms. The monoisotopic (exact) mass is 297 g/mol. The lowest BCUT2D eigenvalue weighted by Crippen LogP contribution is -2.32. The van der Waals surface area contributed by atoms with Crippen LogP contribution in [0, 0.1) is 0 Å². The van der Waals surface area contributed by atoms with Gasteiger partial charge in [0.25, 0.3) is 5.56 Å². The van der Waals surface area contributed by atoms with Crippen LogP contribution in [0.1, 0.15) is 6.42 Å². The fourth-order valence-electron chi connectivity index (χ4n) is 2.07. The normalized spacial score (nSPS) is 11.2. The zero-order valence-electron chi connectivity index (χ0n) is 12.0. The van der Waals surface area contributed by atoms with Crippen molar-refractivity contribution in [2.45, 2.75) is 13.0 Å². The minimum Gasteiger partial charge on any atom is -0.396 e. The Morgan fingerprint density at radius 2 is 2.19 bits per heavy atom. The standard InChI is InChI=1S/C12H19N5O4/c1-16-8-9(14-11(16)13-4-3-6-18)17(5-7-21-2)12(20)15-10(8)19/h18H,3-7H2,1-2H3,(H,13,14)(H,15,19,20). The quantitative estimate of drug-likeness (QED) is 0.557. The van der Waals surface area contributed by atoms with Gasteiger partial charge < -0.3 is 19.7 Å². The van der Waals surface area contributed by atoms with E-state index in [0.717, 1.165) is 0 Å². The van der Waals surface area contributed by atoms with Gasteiger partial charge in [-0.2, -0.15) is 4.98 Å². The summed E-state index contributed by atoms with van der Waals surface area (Å²) in [5.74, 6) is 0.473. The highest BCUT2D eigenvalue weighted by Gasteiger charge is 2.15. The van der Waals surface area contributed by atoms with Crippen LogP contribution in [0.15, 0.2) is 9.59 Å². The molecule has 2 rings (SSSR count). The number of fused-ring (bicyclic) bond motifs is 1. The van der Waals surface area contributed by atoms with Gasteiger partial charge in [-0.1, -0.05) is 0 Å². The molecule has 2 aromatic heterocycles. The molecule has 0 aromatic carbocycles. The molecule has 0 radical (unpaired) electrons. The molecule has 9 nitrogen and oxygen atoms in total. The molecule has 0 aliphatic heterocycles. The number of methoxy groups -OCH3 is 1. The molecule has 0 amide bonds. The van der Waals surface area contributed by atoms with E-state index in [1.54, 1.807) is 11.6 Å². The van der Waals surface area contributed by atoms with E-state index in [4.69, 9.17) is 9.84 Å². The third-order valence-corrected chi connectivity index (χ3v) is 3.15. The van der Waals surface area contributed by atoms with Crippen LogP contribution in [-0.4, -0.2) is 51.1 Å². The highest BCUT2D eigenvalue weighted by molar-refractivity contribution is 5.73. The van der Waals surface area contributed by atoms with Crippen LogP contribution in [0.25, 0.3) is 11.2 Å². The van der Waals surface area contributed by atoms with Crippen molar-refractivity contribution in [2.75, 3.05) is 32.2 Å². The second-order valence-corrected chi connectivity index (χ2v) is 4.57. The van der Waals surface area contributed by atoms with Crippen molar-refractivity contribution < 1.29 is 9.84 Å². The van der Waals surface area contributed by atoms with Gasteiger partial charge in [-0.15, -0.1) is 0 Å². The first-order valence-corrected chi connectivity index (χ1v) is 6.63. The van der Waals surface area contributed by atoms with E-state index in [9.17, 15) is 9.59 Å². The van der Waals surface area contributed by atoms with Crippen molar-refractivity contribution in [2.24, 2.45) is 7.05 Å². The number of aromatic nitrogens is 4. The minimum absolute atomic E-state index is 0.0655. The Labute approximate surface area is 120 Å². The van der Waals surface area contributed by atoms with Crippen LogP contribution in [0.3, 0.4) is 0 Å². The minimum atomic E-state index is -0.510. The Morgan fingerprint density at radius 1 is 1.43 bits per heavy atom. The predicted molar refractivity (Wildman–Crippen MR) is 77.7 cm³/mol. The number of aliphatic hydroxyl groups is 1. The molecule has 0 atom stereocenters. The molecule has 0 bridgehead atoms. The van der Waals surface area contributed by atoms with E-state index in [0.29, 0.717) is 43.2 Å². The van der Waals surface area contributed by atoms with E-state index in [2.05, 4.69) is 15.3 Å². The molecule has 0 saturated carbocycles. The second kappa shape index (κ2) is 6.55. The van der Waals surface area contributed by atoms with Crippen molar-refractivity contribution in [1.29, 1.82) is 0 Å². The average molecular weight is 297 g/mol. The Bertz CT molecular complexity index is 730. The van der Waals surface area contributed by atoms with Crippen molar-refractivity contribution in [3.63, 3.8) is 0 Å². The number of aliphatic hydroxyl groups excluding tert-OH is 1. The smallest absolute Gasteiger partial charge is 0.330 e. The number of anilines is 1. The second-order valence-electron chi connectivity index (χ2n) is 4.57. The van der Waals surface area contributed by atoms with Gasteiger partial charge in [-0.25, -0.2) is 4.79 Å². The van der Waals surface area contributed by atoms with E-state index in [-0.39, 0.29) is 6.61 Å². The summed E-state index contributed by atoms with van der Waals surface area (Å²) in [6.45, 7) is 1.23. The topological polar surface area (TPSA) is 114 Å². The number of H-pyrrole nitrogens is 1. The first-order chi connectivity index (χ1) is 10.1. The molecule has 2 heterocycles. The lowest BCUT2D eigenvalue weighted by Gasteiger charge is -2.05. The van der Waals surface area contributed by atoms with Crippen LogP contribution >= 0.6 is 0 Å². The Morgan fingerprint density at radius 3 is 2.86 bits per heavy atom. The molecular formula is C12H19N5O4. The summed E-state index contributed by atoms with van der Waals surface area (Å²) in [7, 11) is 3.23. The first kappa shape index (κ1) is 15.3. The number of nitrogens with zero attached hydrogens (tertiary/aromatic N) is 3. The van der Waals surface area contributed by atoms with Crippen LogP contribution in [0.5, 0.6) is 0 Å². The molecule has 0 unspecified atom stereocenters. The van der Waals surface area contributed by atoms with Gasteiger partial charge >= 0.3 is 5.69 Å². The van der Waals surface area contributed by atoms with Gasteiger partial charge in [0.1, 0.15) is 0 Å². The third-order valence-electron chi connectivity index (χ3n) is 3.15. The summed E-state index contributed by atoms with van der Waals surface area (Å²) in [6.07, 6.45) is 0.566. The zero-order chi connectivity index (χ0) is 15.4. The molecule has 116 valence electrons. The van der Waals surface area contributed by atoms with Crippen molar-refractivity contribution >= 4 is 17.1 Å². The molecule has 0 aliphatic carbocycles. The summed E-state index contributed by atoms with van der Waals surface area (Å²) in [4.78, 5) is 30.4. The number of hydrogen-bond donors (Lipinski definition) is 3. The molecule has 0 aliphatic rings. The Kier molecular flexibility index (Phi) is 4.76. The van der Waals surface area contributed by atoms with Crippen molar-refractivity contribution in [3.05, 3.63) is 20.8 Å². The SMILES string of the molecule is COCCn1c(=O)[nH]c(=O)c2c1nc(NCCCO)n2C. The van der Waals surface area contributed by atoms with E-state index >= 15 is 0 Å². The highest BCUT2D eigenvalue weighted by atomic mass is 16.5. The third kappa shape index (κ3) is 2.98. The predicted octanol–water partition coefficient (Wildman–Crippen LogP) is -1.14. The summed E-state index contributed by atoms with van der Waals surface area (Å²) < 4.78 is 7.93. The van der Waals surface area contributed by atoms with Gasteiger partial charge in [-0.3, -0.25) is 14.3 Å². The number of aryl methyl sites for hydroxylation is 1. The summed E-state index contributed by atoms with van der Waals surface area (Å²) in [5, 5.41) is 11.8. The number of nitrogens with one attached hydrogen (secondary N) is 2.